The van der Waals surface area contributed by atoms with Crippen molar-refractivity contribution in [2.75, 3.05) is 33.2 Å². The van der Waals surface area contributed by atoms with Gasteiger partial charge in [0.05, 0.1) is 12.3 Å². The van der Waals surface area contributed by atoms with Crippen molar-refractivity contribution >= 4 is 5.71 Å². The van der Waals surface area contributed by atoms with Crippen LogP contribution in [0.5, 0.6) is 0 Å². The third-order valence-electron chi connectivity index (χ3n) is 6.83. The predicted octanol–water partition coefficient (Wildman–Crippen LogP) is 7.59. The number of aliphatic imine (C=N–C) groups is 1. The molecule has 0 saturated carbocycles. The van der Waals surface area contributed by atoms with Crippen molar-refractivity contribution in [3.05, 3.63) is 82.7 Å². The molecule has 1 N–H and O–H groups in total. The van der Waals surface area contributed by atoms with Crippen molar-refractivity contribution in [1.29, 1.82) is 0 Å². The number of allylic oxidation sites excluding steroid dienone is 11. The maximum Gasteiger partial charge on any atom is 0.242 e. The lowest BCUT2D eigenvalue weighted by molar-refractivity contribution is 0.147. The van der Waals surface area contributed by atoms with Gasteiger partial charge in [-0.1, -0.05) is 53.7 Å². The van der Waals surface area contributed by atoms with E-state index in [0.717, 1.165) is 61.3 Å². The summed E-state index contributed by atoms with van der Waals surface area (Å²) in [6.07, 6.45) is 19.9. The van der Waals surface area contributed by atoms with E-state index in [0.29, 0.717) is 13.0 Å². The number of alkyl halides is 2. The highest BCUT2D eigenvalue weighted by atomic mass is 19.3. The van der Waals surface area contributed by atoms with Crippen LogP contribution >= 0.6 is 0 Å². The van der Waals surface area contributed by atoms with Crippen molar-refractivity contribution in [2.45, 2.75) is 66.2 Å². The largest absolute Gasteiger partial charge is 0.371 e. The lowest BCUT2D eigenvalue weighted by Crippen LogP contribution is -2.30. The van der Waals surface area contributed by atoms with E-state index >= 15 is 0 Å². The van der Waals surface area contributed by atoms with Crippen LogP contribution in [0.2, 0.25) is 0 Å². The first kappa shape index (κ1) is 29.7. The summed E-state index contributed by atoms with van der Waals surface area (Å²) >= 11 is 0. The van der Waals surface area contributed by atoms with Crippen molar-refractivity contribution < 1.29 is 8.78 Å². The van der Waals surface area contributed by atoms with Crippen molar-refractivity contribution in [3.8, 4) is 0 Å². The average molecular weight is 498 g/mol. The van der Waals surface area contributed by atoms with E-state index in [1.54, 1.807) is 0 Å². The lowest BCUT2D eigenvalue weighted by Gasteiger charge is -2.27. The number of hydrogen-bond donors (Lipinski definition) is 1. The van der Waals surface area contributed by atoms with Crippen LogP contribution in [0.4, 0.5) is 8.78 Å². The Kier molecular flexibility index (Phi) is 13.4. The van der Waals surface area contributed by atoms with Gasteiger partial charge in [-0.2, -0.15) is 0 Å². The van der Waals surface area contributed by atoms with Gasteiger partial charge in [0.15, 0.2) is 0 Å². The molecule has 0 amide bonds. The molecule has 0 saturated heterocycles. The molecule has 0 spiro atoms. The molecule has 0 aromatic carbocycles. The Bertz CT molecular complexity index is 945. The molecule has 5 heteroatoms. The van der Waals surface area contributed by atoms with Gasteiger partial charge >= 0.3 is 0 Å². The van der Waals surface area contributed by atoms with Crippen LogP contribution in [0.1, 0.15) is 59.8 Å². The zero-order chi connectivity index (χ0) is 26.3. The van der Waals surface area contributed by atoms with Crippen LogP contribution < -0.4 is 5.32 Å². The monoisotopic (exact) mass is 497 g/mol. The minimum absolute atomic E-state index is 0.218. The Hall–Kier alpha value is -2.53. The summed E-state index contributed by atoms with van der Waals surface area (Å²) < 4.78 is 27.2. The third kappa shape index (κ3) is 9.85. The fourth-order valence-corrected chi connectivity index (χ4v) is 4.51. The zero-order valence-electron chi connectivity index (χ0n) is 22.9. The summed E-state index contributed by atoms with van der Waals surface area (Å²) in [5.41, 5.74) is 6.18. The normalized spacial score (nSPS) is 19.6. The quantitative estimate of drug-likeness (QED) is 0.198. The fraction of sp³-hybridized carbons (Fsp3) is 0.516. The lowest BCUT2D eigenvalue weighted by atomic mass is 9.89. The van der Waals surface area contributed by atoms with Gasteiger partial charge in [-0.25, -0.2) is 8.78 Å². The molecule has 2 rings (SSSR count). The van der Waals surface area contributed by atoms with Gasteiger partial charge in [0, 0.05) is 31.8 Å². The second kappa shape index (κ2) is 16.3. The predicted molar refractivity (Wildman–Crippen MR) is 152 cm³/mol. The second-order valence-electron chi connectivity index (χ2n) is 9.40. The number of nitrogens with one attached hydrogen (secondary N) is 1. The Labute approximate surface area is 217 Å². The number of rotatable bonds is 14. The summed E-state index contributed by atoms with van der Waals surface area (Å²) in [5.74, 6) is 0.218. The first-order chi connectivity index (χ1) is 17.4. The maximum atomic E-state index is 13.6. The summed E-state index contributed by atoms with van der Waals surface area (Å²) in [6.45, 7) is 11.7. The topological polar surface area (TPSA) is 27.6 Å². The van der Waals surface area contributed by atoms with Crippen LogP contribution in [-0.2, 0) is 0 Å². The number of hydrogen-bond acceptors (Lipinski definition) is 3. The Morgan fingerprint density at radius 1 is 1.19 bits per heavy atom. The van der Waals surface area contributed by atoms with Crippen LogP contribution in [-0.4, -0.2) is 50.3 Å². The van der Waals surface area contributed by atoms with E-state index in [1.165, 1.54) is 11.3 Å². The van der Waals surface area contributed by atoms with E-state index in [9.17, 15) is 8.78 Å². The highest BCUT2D eigenvalue weighted by Gasteiger charge is 2.18. The Morgan fingerprint density at radius 3 is 2.56 bits per heavy atom. The van der Waals surface area contributed by atoms with Gasteiger partial charge in [-0.15, -0.1) is 0 Å². The van der Waals surface area contributed by atoms with Crippen LogP contribution in [0.25, 0.3) is 0 Å². The molecule has 2 aliphatic rings. The van der Waals surface area contributed by atoms with Gasteiger partial charge in [0.1, 0.15) is 0 Å². The molecule has 0 aromatic rings. The number of nitrogens with zero attached hydrogens (tertiary/aromatic N) is 2. The van der Waals surface area contributed by atoms with Gasteiger partial charge in [-0.05, 0) is 89.6 Å². The zero-order valence-corrected chi connectivity index (χ0v) is 22.9. The highest BCUT2D eigenvalue weighted by molar-refractivity contribution is 6.10. The number of likely N-dealkylation sites (N-methyl/N-ethyl adjacent to an activating group) is 2. The standard InChI is InChI=1S/C31H45F2N3/c1-6-24(4)27(7-2)23-35-30(28-12-10-9-11-13-28)21-26(22-31(32)33)20-25-14-16-29(17-15-25)36(8-3)19-18-34-5/h6-7,10,12-14,16-17,21,25,31,34H,8-9,11,15,18-20,22-23H2,1-5H3/b24-6-,26-21-,27-7-,35-30?/t25-/m0/s1. The van der Waals surface area contributed by atoms with Gasteiger partial charge in [0.25, 0.3) is 0 Å². The molecule has 0 heterocycles. The average Bonchev–Trinajstić information content (AvgIpc) is 2.89. The summed E-state index contributed by atoms with van der Waals surface area (Å²) in [6, 6.07) is 0. The van der Waals surface area contributed by atoms with Crippen LogP contribution in [0, 0.1) is 5.92 Å². The van der Waals surface area contributed by atoms with Crippen molar-refractivity contribution in [2.24, 2.45) is 10.9 Å². The van der Waals surface area contributed by atoms with E-state index in [-0.39, 0.29) is 12.3 Å². The molecule has 0 fully saturated rings. The molecule has 36 heavy (non-hydrogen) atoms. The minimum Gasteiger partial charge on any atom is -0.371 e. The van der Waals surface area contributed by atoms with Gasteiger partial charge in [0.2, 0.25) is 6.43 Å². The molecule has 2 aliphatic carbocycles. The first-order valence-corrected chi connectivity index (χ1v) is 13.4. The van der Waals surface area contributed by atoms with E-state index < -0.39 is 6.43 Å². The molecule has 0 radical (unpaired) electrons. The molecular formula is C31H45F2N3. The van der Waals surface area contributed by atoms with Crippen molar-refractivity contribution in [3.63, 3.8) is 0 Å². The molecule has 3 nitrogen and oxygen atoms in total. The van der Waals surface area contributed by atoms with Gasteiger partial charge < -0.3 is 10.2 Å². The maximum absolute atomic E-state index is 13.6. The second-order valence-corrected chi connectivity index (χ2v) is 9.40. The molecule has 1 atom stereocenters. The fourth-order valence-electron chi connectivity index (χ4n) is 4.51. The Balaban J connectivity index is 2.26. The van der Waals surface area contributed by atoms with E-state index in [1.807, 2.05) is 27.0 Å². The van der Waals surface area contributed by atoms with Crippen LogP contribution in [0.3, 0.4) is 0 Å². The molecule has 0 bridgehead atoms. The smallest absolute Gasteiger partial charge is 0.242 e. The molecule has 198 valence electrons. The summed E-state index contributed by atoms with van der Waals surface area (Å²) in [5, 5.41) is 3.20. The van der Waals surface area contributed by atoms with E-state index in [2.05, 4.69) is 72.7 Å². The SMILES string of the molecule is C/C=C(C)\C(=C/C)CN=C(/C=C(\CC(F)F)C[C@H]1C=CC(N(CC)CCNC)=CC1)C1=CCCC=C1. The highest BCUT2D eigenvalue weighted by Crippen LogP contribution is 2.28. The third-order valence-corrected chi connectivity index (χ3v) is 6.83. The van der Waals surface area contributed by atoms with E-state index in [4.69, 9.17) is 4.99 Å². The minimum atomic E-state index is -2.37. The van der Waals surface area contributed by atoms with Gasteiger partial charge in [-0.3, -0.25) is 4.99 Å². The Morgan fingerprint density at radius 2 is 2.00 bits per heavy atom. The first-order valence-electron chi connectivity index (χ1n) is 13.4. The van der Waals surface area contributed by atoms with Crippen LogP contribution in [0.15, 0.2) is 87.7 Å². The molecule has 0 aliphatic heterocycles. The molecule has 0 unspecified atom stereocenters. The van der Waals surface area contributed by atoms with Crippen molar-refractivity contribution in [1.82, 2.24) is 10.2 Å². The summed E-state index contributed by atoms with van der Waals surface area (Å²) in [4.78, 5) is 7.27. The summed E-state index contributed by atoms with van der Waals surface area (Å²) in [7, 11) is 1.96. The molecule has 0 aromatic heterocycles. The number of halogens is 2. The molecular weight excluding hydrogens is 452 g/mol.